The Balaban J connectivity index is 1.52. The molecule has 2 aromatic carbocycles. The second-order valence-electron chi connectivity index (χ2n) is 7.17. The Labute approximate surface area is 181 Å². The van der Waals surface area contributed by atoms with Crippen molar-refractivity contribution in [1.29, 1.82) is 0 Å². The molecule has 2 aliphatic rings. The summed E-state index contributed by atoms with van der Waals surface area (Å²) < 4.78 is 30.7. The molecule has 0 saturated carbocycles. The van der Waals surface area contributed by atoms with Crippen LogP contribution in [-0.4, -0.2) is 42.2 Å². The van der Waals surface area contributed by atoms with Crippen LogP contribution in [0.2, 0.25) is 0 Å². The van der Waals surface area contributed by atoms with E-state index in [0.717, 1.165) is 10.5 Å². The van der Waals surface area contributed by atoms with E-state index in [1.807, 2.05) is 6.07 Å². The lowest BCUT2D eigenvalue weighted by atomic mass is 9.91. The van der Waals surface area contributed by atoms with Gasteiger partial charge in [0.15, 0.2) is 0 Å². The first kappa shape index (κ1) is 21.1. The molecule has 0 aromatic heterocycles. The van der Waals surface area contributed by atoms with Crippen molar-refractivity contribution in [3.8, 4) is 5.75 Å². The maximum Gasteiger partial charge on any atom is 0.325 e. The van der Waals surface area contributed by atoms with Crippen LogP contribution in [0, 0.1) is 0 Å². The fraction of sp³-hybridized carbons (Fsp3) is 0.286. The number of amides is 4. The largest absolute Gasteiger partial charge is 0.497 e. The molecule has 0 bridgehead atoms. The lowest BCUT2D eigenvalue weighted by Gasteiger charge is -2.22. The van der Waals surface area contributed by atoms with E-state index >= 15 is 0 Å². The Morgan fingerprint density at radius 1 is 1.29 bits per heavy atom. The SMILES string of the molecule is COc1ccc2c(c1)[C@@]1(CC2)NC(=O)N(CC(=O)Nc2ccccc2SC(F)F)C1=O. The lowest BCUT2D eigenvalue weighted by molar-refractivity contribution is -0.134. The molecular formula is C21H19F2N3O4S. The summed E-state index contributed by atoms with van der Waals surface area (Å²) in [4.78, 5) is 39.4. The van der Waals surface area contributed by atoms with Crippen molar-refractivity contribution in [2.75, 3.05) is 19.0 Å². The molecule has 1 saturated heterocycles. The molecule has 4 rings (SSSR count). The number of nitrogens with zero attached hydrogens (tertiary/aromatic N) is 1. The van der Waals surface area contributed by atoms with E-state index in [1.165, 1.54) is 19.2 Å². The summed E-state index contributed by atoms with van der Waals surface area (Å²) >= 11 is 0.302. The van der Waals surface area contributed by atoms with E-state index in [4.69, 9.17) is 4.74 Å². The first-order valence-electron chi connectivity index (χ1n) is 9.49. The van der Waals surface area contributed by atoms with Gasteiger partial charge in [0, 0.05) is 4.90 Å². The molecule has 7 nitrogen and oxygen atoms in total. The topological polar surface area (TPSA) is 87.7 Å². The Kier molecular flexibility index (Phi) is 5.57. The first-order valence-corrected chi connectivity index (χ1v) is 10.4. The van der Waals surface area contributed by atoms with E-state index in [1.54, 1.807) is 24.3 Å². The number of methoxy groups -OCH3 is 1. The number of rotatable bonds is 6. The number of anilines is 1. The summed E-state index contributed by atoms with van der Waals surface area (Å²) in [6.07, 6.45) is 0.982. The number of fused-ring (bicyclic) bond motifs is 2. The Morgan fingerprint density at radius 3 is 2.81 bits per heavy atom. The minimum absolute atomic E-state index is 0.190. The average molecular weight is 447 g/mol. The molecule has 1 atom stereocenters. The molecule has 1 spiro atoms. The van der Waals surface area contributed by atoms with Crippen LogP contribution < -0.4 is 15.4 Å². The minimum atomic E-state index is -2.65. The van der Waals surface area contributed by atoms with E-state index in [9.17, 15) is 23.2 Å². The van der Waals surface area contributed by atoms with Gasteiger partial charge in [-0.15, -0.1) is 0 Å². The standard InChI is InChI=1S/C21H19F2N3O4S/c1-30-13-7-6-12-8-9-21(14(12)10-13)18(28)26(20(29)25-21)11-17(27)24-15-4-2-3-5-16(15)31-19(22)23/h2-7,10,19H,8-9,11H2,1H3,(H,24,27)(H,25,29)/t21-/m1/s1. The van der Waals surface area contributed by atoms with Gasteiger partial charge in [-0.2, -0.15) is 8.78 Å². The highest BCUT2D eigenvalue weighted by atomic mass is 32.2. The van der Waals surface area contributed by atoms with Gasteiger partial charge in [-0.05, 0) is 48.2 Å². The number of thioether (sulfide) groups is 1. The van der Waals surface area contributed by atoms with E-state index in [0.29, 0.717) is 35.9 Å². The van der Waals surface area contributed by atoms with Crippen molar-refractivity contribution in [3.63, 3.8) is 0 Å². The number of imide groups is 1. The zero-order valence-electron chi connectivity index (χ0n) is 16.5. The van der Waals surface area contributed by atoms with Crippen LogP contribution >= 0.6 is 11.8 Å². The molecule has 4 amide bonds. The third-order valence-electron chi connectivity index (χ3n) is 5.40. The quantitative estimate of drug-likeness (QED) is 0.524. The minimum Gasteiger partial charge on any atom is -0.497 e. The number of carbonyl (C=O) groups is 3. The average Bonchev–Trinajstić information content (AvgIpc) is 3.21. The molecule has 0 unspecified atom stereocenters. The Hall–Kier alpha value is -3.14. The number of hydrogen-bond donors (Lipinski definition) is 2. The number of halogens is 2. The Bertz CT molecular complexity index is 1060. The van der Waals surface area contributed by atoms with Crippen LogP contribution in [0.3, 0.4) is 0 Å². The molecular weight excluding hydrogens is 428 g/mol. The van der Waals surface area contributed by atoms with Crippen LogP contribution in [0.25, 0.3) is 0 Å². The van der Waals surface area contributed by atoms with Crippen molar-refractivity contribution in [3.05, 3.63) is 53.6 Å². The molecule has 1 heterocycles. The number of aryl methyl sites for hydroxylation is 1. The maximum absolute atomic E-state index is 13.2. The highest BCUT2D eigenvalue weighted by Crippen LogP contribution is 2.42. The van der Waals surface area contributed by atoms with Crippen LogP contribution in [0.4, 0.5) is 19.3 Å². The number of ether oxygens (including phenoxy) is 1. The smallest absolute Gasteiger partial charge is 0.325 e. The second-order valence-corrected chi connectivity index (χ2v) is 8.20. The number of urea groups is 1. The molecule has 2 N–H and O–H groups in total. The van der Waals surface area contributed by atoms with Crippen molar-refractivity contribution >= 4 is 35.3 Å². The van der Waals surface area contributed by atoms with Crippen LogP contribution in [0.15, 0.2) is 47.4 Å². The zero-order valence-corrected chi connectivity index (χ0v) is 17.3. The molecule has 31 heavy (non-hydrogen) atoms. The van der Waals surface area contributed by atoms with Crippen molar-refractivity contribution in [2.45, 2.75) is 29.0 Å². The first-order chi connectivity index (χ1) is 14.8. The van der Waals surface area contributed by atoms with Crippen LogP contribution in [-0.2, 0) is 21.5 Å². The van der Waals surface area contributed by atoms with E-state index < -0.39 is 35.7 Å². The lowest BCUT2D eigenvalue weighted by Crippen LogP contribution is -2.43. The molecule has 1 fully saturated rings. The van der Waals surface area contributed by atoms with Gasteiger partial charge in [0.2, 0.25) is 5.91 Å². The summed E-state index contributed by atoms with van der Waals surface area (Å²) in [5.74, 6) is -3.27. The third-order valence-corrected chi connectivity index (χ3v) is 6.19. The summed E-state index contributed by atoms with van der Waals surface area (Å²) in [6.45, 7) is -0.528. The fourth-order valence-electron chi connectivity index (χ4n) is 3.98. The summed E-state index contributed by atoms with van der Waals surface area (Å²) in [7, 11) is 1.51. The number of alkyl halides is 2. The predicted molar refractivity (Wildman–Crippen MR) is 110 cm³/mol. The molecule has 1 aliphatic heterocycles. The molecule has 10 heteroatoms. The normalized spacial score (nSPS) is 19.7. The second kappa shape index (κ2) is 8.18. The Morgan fingerprint density at radius 2 is 2.06 bits per heavy atom. The predicted octanol–water partition coefficient (Wildman–Crippen LogP) is 3.34. The van der Waals surface area contributed by atoms with Gasteiger partial charge in [-0.25, -0.2) is 4.79 Å². The van der Waals surface area contributed by atoms with Crippen molar-refractivity contribution in [2.24, 2.45) is 0 Å². The monoisotopic (exact) mass is 447 g/mol. The van der Waals surface area contributed by atoms with E-state index in [-0.39, 0.29) is 10.6 Å². The number of para-hydroxylation sites is 1. The number of benzene rings is 2. The highest BCUT2D eigenvalue weighted by molar-refractivity contribution is 7.99. The molecule has 2 aromatic rings. The summed E-state index contributed by atoms with van der Waals surface area (Å²) in [5, 5.41) is 5.26. The molecule has 1 aliphatic carbocycles. The summed E-state index contributed by atoms with van der Waals surface area (Å²) in [6, 6.07) is 10.8. The fourth-order valence-corrected chi connectivity index (χ4v) is 4.57. The van der Waals surface area contributed by atoms with Gasteiger partial charge >= 0.3 is 6.03 Å². The van der Waals surface area contributed by atoms with Gasteiger partial charge in [0.25, 0.3) is 11.7 Å². The van der Waals surface area contributed by atoms with Crippen molar-refractivity contribution < 1.29 is 27.9 Å². The third kappa shape index (κ3) is 3.83. The number of hydrogen-bond acceptors (Lipinski definition) is 5. The van der Waals surface area contributed by atoms with Gasteiger partial charge in [0.05, 0.1) is 12.8 Å². The van der Waals surface area contributed by atoms with Crippen molar-refractivity contribution in [1.82, 2.24) is 10.2 Å². The van der Waals surface area contributed by atoms with Gasteiger partial charge in [0.1, 0.15) is 17.8 Å². The number of nitrogens with one attached hydrogen (secondary N) is 2. The maximum atomic E-state index is 13.2. The van der Waals surface area contributed by atoms with Crippen LogP contribution in [0.1, 0.15) is 17.5 Å². The van der Waals surface area contributed by atoms with Gasteiger partial charge < -0.3 is 15.4 Å². The molecule has 0 radical (unpaired) electrons. The highest BCUT2D eigenvalue weighted by Gasteiger charge is 2.55. The zero-order chi connectivity index (χ0) is 22.2. The van der Waals surface area contributed by atoms with Gasteiger partial charge in [-0.1, -0.05) is 30.0 Å². The van der Waals surface area contributed by atoms with Crippen LogP contribution in [0.5, 0.6) is 5.75 Å². The van der Waals surface area contributed by atoms with Gasteiger partial charge in [-0.3, -0.25) is 14.5 Å². The number of carbonyl (C=O) groups excluding carboxylic acids is 3. The summed E-state index contributed by atoms with van der Waals surface area (Å²) in [5.41, 5.74) is 0.547. The molecule has 162 valence electrons. The van der Waals surface area contributed by atoms with E-state index in [2.05, 4.69) is 10.6 Å².